The zero-order valence-electron chi connectivity index (χ0n) is 12.8. The molecule has 0 radical (unpaired) electrons. The second-order valence-electron chi connectivity index (χ2n) is 5.78. The van der Waals surface area contributed by atoms with E-state index in [0.717, 1.165) is 11.0 Å². The van der Waals surface area contributed by atoms with Crippen LogP contribution in [-0.2, 0) is 6.54 Å². The fourth-order valence-corrected chi connectivity index (χ4v) is 3.09. The summed E-state index contributed by atoms with van der Waals surface area (Å²) in [6, 6.07) is 16.6. The average Bonchev–Trinajstić information content (AvgIpc) is 2.82. The third-order valence-corrected chi connectivity index (χ3v) is 4.08. The average molecular weight is 298 g/mol. The Hall–Kier alpha value is -1.88. The summed E-state index contributed by atoms with van der Waals surface area (Å²) in [4.78, 5) is 1.94. The number of para-hydroxylation sites is 2. The minimum absolute atomic E-state index is 0.110. The summed E-state index contributed by atoms with van der Waals surface area (Å²) < 4.78 is 2.18. The van der Waals surface area contributed by atoms with Crippen LogP contribution in [0.3, 0.4) is 0 Å². The Bertz CT molecular complexity index is 713. The molecular formula is C18H22N2O2. The Morgan fingerprint density at radius 2 is 1.55 bits per heavy atom. The largest absolute Gasteiger partial charge is 0.395 e. The summed E-state index contributed by atoms with van der Waals surface area (Å²) in [5, 5.41) is 21.8. The van der Waals surface area contributed by atoms with E-state index in [2.05, 4.69) is 28.8 Å². The highest BCUT2D eigenvalue weighted by molar-refractivity contribution is 6.07. The number of benzene rings is 2. The molecule has 0 saturated heterocycles. The lowest BCUT2D eigenvalue weighted by molar-refractivity contribution is 0.102. The number of rotatable bonds is 6. The summed E-state index contributed by atoms with van der Waals surface area (Å²) in [5.41, 5.74) is 2.29. The normalized spacial score (nSPS) is 13.3. The molecule has 22 heavy (non-hydrogen) atoms. The number of aliphatic hydroxyl groups excluding tert-OH is 2. The summed E-state index contributed by atoms with van der Waals surface area (Å²) >= 11 is 0. The van der Waals surface area contributed by atoms with Crippen molar-refractivity contribution >= 4 is 21.8 Å². The molecule has 1 aromatic heterocycles. The van der Waals surface area contributed by atoms with E-state index in [-0.39, 0.29) is 6.61 Å². The molecule has 4 heteroatoms. The maximum absolute atomic E-state index is 10.4. The van der Waals surface area contributed by atoms with Crippen molar-refractivity contribution in [1.82, 2.24) is 9.47 Å². The van der Waals surface area contributed by atoms with E-state index in [1.807, 2.05) is 36.2 Å². The minimum Gasteiger partial charge on any atom is -0.395 e. The molecule has 0 bridgehead atoms. The highest BCUT2D eigenvalue weighted by atomic mass is 16.3. The third kappa shape index (κ3) is 2.86. The molecule has 4 nitrogen and oxygen atoms in total. The van der Waals surface area contributed by atoms with Gasteiger partial charge in [0.25, 0.3) is 0 Å². The van der Waals surface area contributed by atoms with Crippen molar-refractivity contribution in [3.05, 3.63) is 48.5 Å². The fourth-order valence-electron chi connectivity index (χ4n) is 3.09. The summed E-state index contributed by atoms with van der Waals surface area (Å²) in [7, 11) is 1.91. The zero-order valence-corrected chi connectivity index (χ0v) is 12.8. The third-order valence-electron chi connectivity index (χ3n) is 4.08. The Balaban J connectivity index is 1.95. The SMILES string of the molecule is CN(CCO)CC(O)Cn1c2ccccc2c2ccccc21. The number of nitrogens with zero attached hydrogens (tertiary/aromatic N) is 2. The molecule has 0 aliphatic heterocycles. The maximum Gasteiger partial charge on any atom is 0.0845 e. The predicted octanol–water partition coefficient (Wildman–Crippen LogP) is 2.08. The van der Waals surface area contributed by atoms with Crippen LogP contribution < -0.4 is 0 Å². The van der Waals surface area contributed by atoms with Crippen molar-refractivity contribution in [2.45, 2.75) is 12.6 Å². The second kappa shape index (κ2) is 6.48. The number of aliphatic hydroxyl groups is 2. The first-order valence-electron chi connectivity index (χ1n) is 7.64. The van der Waals surface area contributed by atoms with Gasteiger partial charge in [0, 0.05) is 34.9 Å². The second-order valence-corrected chi connectivity index (χ2v) is 5.78. The Labute approximate surface area is 130 Å². The minimum atomic E-state index is -0.476. The number of likely N-dealkylation sites (N-methyl/N-ethyl adjacent to an activating group) is 1. The van der Waals surface area contributed by atoms with Gasteiger partial charge in [0.15, 0.2) is 0 Å². The van der Waals surface area contributed by atoms with E-state index in [4.69, 9.17) is 5.11 Å². The van der Waals surface area contributed by atoms with Gasteiger partial charge in [-0.25, -0.2) is 0 Å². The van der Waals surface area contributed by atoms with E-state index in [0.29, 0.717) is 19.6 Å². The van der Waals surface area contributed by atoms with Crippen LogP contribution in [0.25, 0.3) is 21.8 Å². The monoisotopic (exact) mass is 298 g/mol. The molecule has 116 valence electrons. The molecule has 0 spiro atoms. The van der Waals surface area contributed by atoms with Crippen LogP contribution in [0.5, 0.6) is 0 Å². The van der Waals surface area contributed by atoms with Crippen molar-refractivity contribution in [2.24, 2.45) is 0 Å². The molecule has 1 unspecified atom stereocenters. The lowest BCUT2D eigenvalue weighted by Gasteiger charge is -2.20. The zero-order chi connectivity index (χ0) is 15.5. The van der Waals surface area contributed by atoms with Gasteiger partial charge in [-0.05, 0) is 19.2 Å². The van der Waals surface area contributed by atoms with E-state index in [1.54, 1.807) is 0 Å². The van der Waals surface area contributed by atoms with Gasteiger partial charge in [-0.3, -0.25) is 0 Å². The van der Waals surface area contributed by atoms with Crippen LogP contribution in [0, 0.1) is 0 Å². The summed E-state index contributed by atoms with van der Waals surface area (Å²) in [5.74, 6) is 0. The molecule has 1 heterocycles. The first-order chi connectivity index (χ1) is 10.7. The number of hydrogen-bond acceptors (Lipinski definition) is 3. The van der Waals surface area contributed by atoms with Crippen LogP contribution in [-0.4, -0.2) is 52.5 Å². The van der Waals surface area contributed by atoms with Gasteiger partial charge < -0.3 is 19.7 Å². The molecule has 2 aromatic carbocycles. The van der Waals surface area contributed by atoms with Crippen molar-refractivity contribution < 1.29 is 10.2 Å². The van der Waals surface area contributed by atoms with Crippen LogP contribution in [0.15, 0.2) is 48.5 Å². The molecule has 3 rings (SSSR count). The highest BCUT2D eigenvalue weighted by Crippen LogP contribution is 2.28. The Morgan fingerprint density at radius 1 is 1.00 bits per heavy atom. The van der Waals surface area contributed by atoms with Crippen molar-refractivity contribution in [3.8, 4) is 0 Å². The van der Waals surface area contributed by atoms with Gasteiger partial charge in [0.05, 0.1) is 19.3 Å². The van der Waals surface area contributed by atoms with Crippen LogP contribution in [0.2, 0.25) is 0 Å². The van der Waals surface area contributed by atoms with Gasteiger partial charge in [-0.15, -0.1) is 0 Å². The van der Waals surface area contributed by atoms with E-state index in [1.165, 1.54) is 10.8 Å². The molecule has 0 saturated carbocycles. The fraction of sp³-hybridized carbons (Fsp3) is 0.333. The lowest BCUT2D eigenvalue weighted by Crippen LogP contribution is -2.33. The van der Waals surface area contributed by atoms with Crippen molar-refractivity contribution in [3.63, 3.8) is 0 Å². The smallest absolute Gasteiger partial charge is 0.0845 e. The highest BCUT2D eigenvalue weighted by Gasteiger charge is 2.14. The molecule has 0 aliphatic carbocycles. The Kier molecular flexibility index (Phi) is 4.43. The van der Waals surface area contributed by atoms with Gasteiger partial charge >= 0.3 is 0 Å². The van der Waals surface area contributed by atoms with Crippen LogP contribution >= 0.6 is 0 Å². The number of fused-ring (bicyclic) bond motifs is 3. The summed E-state index contributed by atoms with van der Waals surface area (Å²) in [6.07, 6.45) is -0.476. The first-order valence-corrected chi connectivity index (χ1v) is 7.64. The van der Waals surface area contributed by atoms with Crippen LogP contribution in [0.4, 0.5) is 0 Å². The van der Waals surface area contributed by atoms with Gasteiger partial charge in [0.2, 0.25) is 0 Å². The van der Waals surface area contributed by atoms with Gasteiger partial charge in [-0.1, -0.05) is 36.4 Å². The molecule has 3 aromatic rings. The van der Waals surface area contributed by atoms with E-state index < -0.39 is 6.10 Å². The van der Waals surface area contributed by atoms with E-state index >= 15 is 0 Å². The molecule has 0 amide bonds. The predicted molar refractivity (Wildman–Crippen MR) is 90.0 cm³/mol. The maximum atomic E-state index is 10.4. The molecule has 1 atom stereocenters. The molecule has 2 N–H and O–H groups in total. The number of hydrogen-bond donors (Lipinski definition) is 2. The van der Waals surface area contributed by atoms with Crippen molar-refractivity contribution in [1.29, 1.82) is 0 Å². The molecular weight excluding hydrogens is 276 g/mol. The topological polar surface area (TPSA) is 48.6 Å². The standard InChI is InChI=1S/C18H22N2O2/c1-19(10-11-21)12-14(22)13-20-17-8-4-2-6-15(17)16-7-3-5-9-18(16)20/h2-9,14,21-22H,10-13H2,1H3. The number of aromatic nitrogens is 1. The van der Waals surface area contributed by atoms with Crippen molar-refractivity contribution in [2.75, 3.05) is 26.7 Å². The first kappa shape index (κ1) is 15.0. The quantitative estimate of drug-likeness (QED) is 0.732. The van der Waals surface area contributed by atoms with Gasteiger partial charge in [0.1, 0.15) is 0 Å². The van der Waals surface area contributed by atoms with Crippen LogP contribution in [0.1, 0.15) is 0 Å². The molecule has 0 fully saturated rings. The summed E-state index contributed by atoms with van der Waals surface area (Å²) in [6.45, 7) is 1.77. The van der Waals surface area contributed by atoms with E-state index in [9.17, 15) is 5.11 Å². The Morgan fingerprint density at radius 3 is 2.09 bits per heavy atom. The van der Waals surface area contributed by atoms with Gasteiger partial charge in [-0.2, -0.15) is 0 Å². The lowest BCUT2D eigenvalue weighted by atomic mass is 10.2. The molecule has 0 aliphatic rings.